The highest BCUT2D eigenvalue weighted by Gasteiger charge is 2.11. The van der Waals surface area contributed by atoms with Crippen LogP contribution in [0.4, 0.5) is 0 Å². The number of benzene rings is 1. The molecule has 0 atom stereocenters. The Labute approximate surface area is 121 Å². The van der Waals surface area contributed by atoms with Crippen molar-refractivity contribution in [1.29, 1.82) is 0 Å². The fourth-order valence-electron chi connectivity index (χ4n) is 1.69. The average Bonchev–Trinajstić information content (AvgIpc) is 2.46. The Bertz CT molecular complexity index is 569. The maximum Gasteiger partial charge on any atom is 0.181 e. The van der Waals surface area contributed by atoms with E-state index in [9.17, 15) is 8.42 Å². The van der Waals surface area contributed by atoms with Gasteiger partial charge in [0, 0.05) is 0 Å². The van der Waals surface area contributed by atoms with Crippen molar-refractivity contribution in [3.63, 3.8) is 0 Å². The number of hydrogen-bond acceptors (Lipinski definition) is 3. The van der Waals surface area contributed by atoms with Gasteiger partial charge in [0.15, 0.2) is 9.84 Å². The van der Waals surface area contributed by atoms with Crippen LogP contribution in [-0.2, 0) is 9.84 Å². The number of hydrogen-bond donors (Lipinski definition) is 1. The van der Waals surface area contributed by atoms with E-state index in [1.54, 1.807) is 36.4 Å². The Morgan fingerprint density at radius 1 is 1.10 bits per heavy atom. The number of sulfone groups is 1. The van der Waals surface area contributed by atoms with Crippen LogP contribution in [0.15, 0.2) is 58.5 Å². The van der Waals surface area contributed by atoms with E-state index in [0.717, 1.165) is 24.0 Å². The minimum atomic E-state index is -3.23. The first kappa shape index (κ1) is 16.7. The van der Waals surface area contributed by atoms with Crippen LogP contribution >= 0.6 is 0 Å². The number of allylic oxidation sites excluding steroid dienone is 2. The summed E-state index contributed by atoms with van der Waals surface area (Å²) in [6.45, 7) is 3.88. The highest BCUT2D eigenvalue weighted by molar-refractivity contribution is 7.91. The summed E-state index contributed by atoms with van der Waals surface area (Å²) in [6, 6.07) is 8.49. The molecule has 0 fully saturated rings. The lowest BCUT2D eigenvalue weighted by Crippen LogP contribution is -2.04. The Balaban J connectivity index is 2.59. The molecular formula is C16H22O3S. The Morgan fingerprint density at radius 3 is 2.35 bits per heavy atom. The van der Waals surface area contributed by atoms with Crippen LogP contribution in [0.25, 0.3) is 0 Å². The van der Waals surface area contributed by atoms with Crippen LogP contribution in [0.3, 0.4) is 0 Å². The van der Waals surface area contributed by atoms with Crippen LogP contribution < -0.4 is 0 Å². The Hall–Kier alpha value is -1.39. The van der Waals surface area contributed by atoms with Gasteiger partial charge < -0.3 is 5.11 Å². The first-order chi connectivity index (χ1) is 9.45. The van der Waals surface area contributed by atoms with Gasteiger partial charge in [-0.05, 0) is 38.8 Å². The topological polar surface area (TPSA) is 54.4 Å². The standard InChI is InChI=1S/C16H22O3S/c1-14(7-6-8-15(2)13-17)11-12-20(18,19)16-9-4-3-5-10-16/h3-5,8-11,17H,6-7,12-13H2,1-2H3/b14-11-,15-8-. The molecule has 1 rings (SSSR count). The van der Waals surface area contributed by atoms with E-state index in [1.807, 2.05) is 19.9 Å². The number of aliphatic hydroxyl groups is 1. The zero-order valence-corrected chi connectivity index (χ0v) is 12.9. The van der Waals surface area contributed by atoms with Gasteiger partial charge in [-0.1, -0.05) is 41.5 Å². The predicted octanol–water partition coefficient (Wildman–Crippen LogP) is 3.13. The second-order valence-corrected chi connectivity index (χ2v) is 6.93. The molecule has 0 saturated heterocycles. The molecule has 0 spiro atoms. The zero-order chi connectivity index (χ0) is 15.0. The van der Waals surface area contributed by atoms with Crippen molar-refractivity contribution in [2.45, 2.75) is 31.6 Å². The largest absolute Gasteiger partial charge is 0.392 e. The Morgan fingerprint density at radius 2 is 1.75 bits per heavy atom. The van der Waals surface area contributed by atoms with E-state index in [4.69, 9.17) is 5.11 Å². The van der Waals surface area contributed by atoms with Gasteiger partial charge >= 0.3 is 0 Å². The highest BCUT2D eigenvalue weighted by Crippen LogP contribution is 2.13. The molecule has 0 saturated carbocycles. The minimum Gasteiger partial charge on any atom is -0.392 e. The second kappa shape index (κ2) is 8.02. The molecule has 1 aromatic carbocycles. The first-order valence-corrected chi connectivity index (χ1v) is 8.31. The van der Waals surface area contributed by atoms with Crippen molar-refractivity contribution in [3.05, 3.63) is 53.6 Å². The van der Waals surface area contributed by atoms with Crippen LogP contribution in [-0.4, -0.2) is 25.9 Å². The van der Waals surface area contributed by atoms with Gasteiger partial charge in [0.05, 0.1) is 17.3 Å². The summed E-state index contributed by atoms with van der Waals surface area (Å²) in [5, 5.41) is 8.87. The van der Waals surface area contributed by atoms with Gasteiger partial charge in [-0.25, -0.2) is 8.42 Å². The predicted molar refractivity (Wildman–Crippen MR) is 82.3 cm³/mol. The van der Waals surface area contributed by atoms with Crippen molar-refractivity contribution in [2.75, 3.05) is 12.4 Å². The molecule has 0 unspecified atom stereocenters. The van der Waals surface area contributed by atoms with Crippen LogP contribution in [0, 0.1) is 0 Å². The van der Waals surface area contributed by atoms with Gasteiger partial charge in [0.2, 0.25) is 0 Å². The van der Waals surface area contributed by atoms with E-state index in [-0.39, 0.29) is 12.4 Å². The fraction of sp³-hybridized carbons (Fsp3) is 0.375. The third kappa shape index (κ3) is 5.72. The maximum absolute atomic E-state index is 12.1. The fourth-order valence-corrected chi connectivity index (χ4v) is 2.96. The lowest BCUT2D eigenvalue weighted by molar-refractivity contribution is 0.331. The van der Waals surface area contributed by atoms with Gasteiger partial charge in [0.1, 0.15) is 0 Å². The van der Waals surface area contributed by atoms with Gasteiger partial charge in [-0.15, -0.1) is 0 Å². The molecule has 20 heavy (non-hydrogen) atoms. The summed E-state index contributed by atoms with van der Waals surface area (Å²) in [7, 11) is -3.23. The van der Waals surface area contributed by atoms with E-state index in [2.05, 4.69) is 0 Å². The van der Waals surface area contributed by atoms with Crippen molar-refractivity contribution < 1.29 is 13.5 Å². The van der Waals surface area contributed by atoms with Gasteiger partial charge in [-0.2, -0.15) is 0 Å². The molecule has 3 nitrogen and oxygen atoms in total. The summed E-state index contributed by atoms with van der Waals surface area (Å²) in [4.78, 5) is 0.361. The maximum atomic E-state index is 12.1. The van der Waals surface area contributed by atoms with Crippen molar-refractivity contribution in [1.82, 2.24) is 0 Å². The van der Waals surface area contributed by atoms with Gasteiger partial charge in [-0.3, -0.25) is 0 Å². The van der Waals surface area contributed by atoms with Crippen molar-refractivity contribution in [3.8, 4) is 0 Å². The lowest BCUT2D eigenvalue weighted by Gasteiger charge is -2.03. The molecule has 4 heteroatoms. The first-order valence-electron chi connectivity index (χ1n) is 6.65. The average molecular weight is 294 g/mol. The van der Waals surface area contributed by atoms with E-state index >= 15 is 0 Å². The van der Waals surface area contributed by atoms with E-state index in [0.29, 0.717) is 4.90 Å². The summed E-state index contributed by atoms with van der Waals surface area (Å²) in [6.07, 6.45) is 5.37. The minimum absolute atomic E-state index is 0.0333. The van der Waals surface area contributed by atoms with Crippen LogP contribution in [0.5, 0.6) is 0 Å². The highest BCUT2D eigenvalue weighted by atomic mass is 32.2. The van der Waals surface area contributed by atoms with Gasteiger partial charge in [0.25, 0.3) is 0 Å². The molecule has 0 heterocycles. The molecule has 0 bridgehead atoms. The molecule has 0 radical (unpaired) electrons. The molecule has 0 aliphatic heterocycles. The molecule has 1 N–H and O–H groups in total. The molecule has 0 aromatic heterocycles. The third-order valence-electron chi connectivity index (χ3n) is 3.03. The van der Waals surface area contributed by atoms with Crippen LogP contribution in [0.2, 0.25) is 0 Å². The lowest BCUT2D eigenvalue weighted by atomic mass is 10.1. The quantitative estimate of drug-likeness (QED) is 0.786. The molecule has 110 valence electrons. The van der Waals surface area contributed by atoms with Crippen molar-refractivity contribution in [2.24, 2.45) is 0 Å². The monoisotopic (exact) mass is 294 g/mol. The Kier molecular flexibility index (Phi) is 6.68. The normalized spacial score (nSPS) is 13.6. The molecule has 0 aliphatic carbocycles. The molecular weight excluding hydrogens is 272 g/mol. The second-order valence-electron chi connectivity index (χ2n) is 4.89. The summed E-state index contributed by atoms with van der Waals surface area (Å²) >= 11 is 0. The number of aliphatic hydroxyl groups excluding tert-OH is 1. The SMILES string of the molecule is C/C(=C/CC/C(C)=C\CS(=O)(=O)c1ccccc1)CO. The smallest absolute Gasteiger partial charge is 0.181 e. The summed E-state index contributed by atoms with van der Waals surface area (Å²) in [5.74, 6) is 0.0333. The molecule has 0 amide bonds. The summed E-state index contributed by atoms with van der Waals surface area (Å²) in [5.41, 5.74) is 1.99. The summed E-state index contributed by atoms with van der Waals surface area (Å²) < 4.78 is 24.2. The molecule has 0 aliphatic rings. The van der Waals surface area contributed by atoms with E-state index in [1.165, 1.54) is 0 Å². The zero-order valence-electron chi connectivity index (χ0n) is 12.0. The van der Waals surface area contributed by atoms with E-state index < -0.39 is 9.84 Å². The molecule has 1 aromatic rings. The van der Waals surface area contributed by atoms with Crippen LogP contribution in [0.1, 0.15) is 26.7 Å². The number of rotatable bonds is 7. The third-order valence-corrected chi connectivity index (χ3v) is 4.63. The van der Waals surface area contributed by atoms with Crippen molar-refractivity contribution >= 4 is 9.84 Å².